The minimum Gasteiger partial charge on any atom is -0.410 e. The van der Waals surface area contributed by atoms with E-state index in [1.165, 1.54) is 51.4 Å². The topological polar surface area (TPSA) is 180 Å². The van der Waals surface area contributed by atoms with Crippen molar-refractivity contribution in [1.29, 1.82) is 0 Å². The minimum atomic E-state index is -4.41. The molecule has 6 N–H and O–H groups in total. The Labute approximate surface area is 191 Å². The molecule has 0 aliphatic heterocycles. The van der Waals surface area contributed by atoms with Gasteiger partial charge in [0.05, 0.1) is 0 Å². The molecule has 0 heterocycles. The summed E-state index contributed by atoms with van der Waals surface area (Å²) in [6.45, 7) is 0. The quantitative estimate of drug-likeness (QED) is 0.0368. The summed E-state index contributed by atoms with van der Waals surface area (Å²) < 4.78 is 22.0. The zero-order valence-electron chi connectivity index (χ0n) is 19.0. The molecule has 0 spiro atoms. The second kappa shape index (κ2) is 18.6. The van der Waals surface area contributed by atoms with Gasteiger partial charge in [-0.15, -0.1) is 0 Å². The molecule has 0 amide bonds. The van der Waals surface area contributed by atoms with E-state index in [0.29, 0.717) is 12.8 Å². The highest BCUT2D eigenvalue weighted by Crippen LogP contribution is 2.39. The number of nitrogens with zero attached hydrogens (tertiary/aromatic N) is 2. The van der Waals surface area contributed by atoms with Crippen molar-refractivity contribution >= 4 is 26.1 Å². The van der Waals surface area contributed by atoms with Crippen molar-refractivity contribution in [2.45, 2.75) is 116 Å². The molecule has 0 radical (unpaired) electrons. The molecule has 0 atom stereocenters. The average Bonchev–Trinajstić information content (AvgIpc) is 2.70. The van der Waals surface area contributed by atoms with Crippen molar-refractivity contribution in [1.82, 2.24) is 0 Å². The van der Waals surface area contributed by atoms with Crippen molar-refractivity contribution in [3.63, 3.8) is 0 Å². The van der Waals surface area contributed by atoms with Crippen LogP contribution in [0.5, 0.6) is 0 Å². The zero-order chi connectivity index (χ0) is 24.3. The Kier molecular flexibility index (Phi) is 18.2. The summed E-state index contributed by atoms with van der Waals surface area (Å²) in [5.74, 6) is 0. The second-order valence-corrected chi connectivity index (χ2v) is 11.5. The molecule has 0 bridgehead atoms. The van der Waals surface area contributed by atoms with Gasteiger partial charge in [-0.2, -0.15) is 0 Å². The first-order valence-corrected chi connectivity index (χ1v) is 14.9. The van der Waals surface area contributed by atoms with Gasteiger partial charge in [-0.1, -0.05) is 100 Å². The third kappa shape index (κ3) is 17.8. The highest BCUT2D eigenvalue weighted by atomic mass is 31.2. The Morgan fingerprint density at radius 3 is 0.781 bits per heavy atom. The summed E-state index contributed by atoms with van der Waals surface area (Å²) >= 11 is 0. The van der Waals surface area contributed by atoms with E-state index in [4.69, 9.17) is 30.0 Å². The largest absolute Gasteiger partial charge is 0.410 e. The molecule has 0 aliphatic carbocycles. The molecule has 0 fully saturated rings. The first kappa shape index (κ1) is 31.2. The van der Waals surface area contributed by atoms with Crippen molar-refractivity contribution in [3.05, 3.63) is 0 Å². The van der Waals surface area contributed by atoms with Crippen LogP contribution in [0.1, 0.15) is 116 Å². The molecular weight excluding hydrogens is 458 g/mol. The van der Waals surface area contributed by atoms with Gasteiger partial charge in [-0.05, 0) is 12.8 Å². The van der Waals surface area contributed by atoms with Gasteiger partial charge in [-0.3, -0.25) is 9.13 Å². The number of unbranched alkanes of at least 4 members (excludes halogenated alkanes) is 15. The van der Waals surface area contributed by atoms with Crippen molar-refractivity contribution in [2.75, 3.05) is 0 Å². The van der Waals surface area contributed by atoms with Gasteiger partial charge in [0.15, 0.2) is 10.9 Å². The van der Waals surface area contributed by atoms with Gasteiger partial charge in [0.1, 0.15) is 0 Å². The van der Waals surface area contributed by atoms with Crippen molar-refractivity contribution in [2.24, 2.45) is 10.3 Å². The molecule has 0 saturated carbocycles. The van der Waals surface area contributed by atoms with Gasteiger partial charge in [0, 0.05) is 12.8 Å². The number of rotatable bonds is 21. The van der Waals surface area contributed by atoms with E-state index in [0.717, 1.165) is 38.5 Å². The van der Waals surface area contributed by atoms with Crippen LogP contribution >= 0.6 is 15.2 Å². The first-order chi connectivity index (χ1) is 15.1. The Morgan fingerprint density at radius 2 is 0.625 bits per heavy atom. The predicted octanol–water partition coefficient (Wildman–Crippen LogP) is 5.94. The Balaban J connectivity index is 3.35. The predicted molar refractivity (Wildman–Crippen MR) is 126 cm³/mol. The lowest BCUT2D eigenvalue weighted by atomic mass is 10.0. The maximum Gasteiger partial charge on any atom is 0.373 e. The SMILES string of the molecule is O=P(O)(O)C(CCCCCCCCCCCCCCCCCCC(=NO)P(=O)(O)O)=NO. The number of hydrogen-bond acceptors (Lipinski definition) is 6. The third-order valence-electron chi connectivity index (χ3n) is 5.45. The van der Waals surface area contributed by atoms with Gasteiger partial charge in [0.25, 0.3) is 0 Å². The van der Waals surface area contributed by atoms with E-state index in [1.807, 2.05) is 0 Å². The van der Waals surface area contributed by atoms with Crippen LogP contribution in [0.3, 0.4) is 0 Å². The molecule has 0 aromatic heterocycles. The Morgan fingerprint density at radius 1 is 0.438 bits per heavy atom. The molecule has 0 unspecified atom stereocenters. The van der Waals surface area contributed by atoms with Gasteiger partial charge < -0.3 is 30.0 Å². The summed E-state index contributed by atoms with van der Waals surface area (Å²) in [6, 6.07) is 0. The molecule has 0 aliphatic rings. The second-order valence-electron chi connectivity index (χ2n) is 8.28. The monoisotopic (exact) mass is 500 g/mol. The standard InChI is InChI=1S/C20H42N2O8P2/c23-21-19(31(25,26)27)17-15-13-11-9-7-5-3-1-2-4-6-8-10-12-14-16-18-20(22-24)32(28,29)30/h23-24H,1-18H2,(H2,25,26,27)(H2,28,29,30). The zero-order valence-corrected chi connectivity index (χ0v) is 20.8. The lowest BCUT2D eigenvalue weighted by molar-refractivity contribution is 0.314. The first-order valence-electron chi connectivity index (χ1n) is 11.7. The Bertz CT molecular complexity index is 577. The molecular formula is C20H42N2O8P2. The maximum absolute atomic E-state index is 11.0. The summed E-state index contributed by atoms with van der Waals surface area (Å²) in [7, 11) is -8.82. The van der Waals surface area contributed by atoms with Gasteiger partial charge >= 0.3 is 15.2 Å². The molecule has 0 saturated heterocycles. The number of oxime groups is 2. The van der Waals surface area contributed by atoms with Crippen LogP contribution in [0.2, 0.25) is 0 Å². The van der Waals surface area contributed by atoms with Gasteiger partial charge in [0.2, 0.25) is 0 Å². The fourth-order valence-corrected chi connectivity index (χ4v) is 4.68. The van der Waals surface area contributed by atoms with Crippen LogP contribution in [0.4, 0.5) is 0 Å². The smallest absolute Gasteiger partial charge is 0.373 e. The molecule has 32 heavy (non-hydrogen) atoms. The summed E-state index contributed by atoms with van der Waals surface area (Å²) in [4.78, 5) is 35.8. The lowest BCUT2D eigenvalue weighted by Gasteiger charge is -2.06. The van der Waals surface area contributed by atoms with Crippen LogP contribution in [0.15, 0.2) is 10.3 Å². The van der Waals surface area contributed by atoms with E-state index in [2.05, 4.69) is 10.3 Å². The maximum atomic E-state index is 11.0. The molecule has 0 aromatic carbocycles. The van der Waals surface area contributed by atoms with Crippen molar-refractivity contribution < 1.29 is 39.1 Å². The van der Waals surface area contributed by atoms with E-state index >= 15 is 0 Å². The van der Waals surface area contributed by atoms with Crippen LogP contribution in [0.25, 0.3) is 0 Å². The van der Waals surface area contributed by atoms with Crippen molar-refractivity contribution in [3.8, 4) is 0 Å². The molecule has 0 aromatic rings. The van der Waals surface area contributed by atoms with E-state index < -0.39 is 26.1 Å². The van der Waals surface area contributed by atoms with E-state index in [-0.39, 0.29) is 12.8 Å². The van der Waals surface area contributed by atoms with E-state index in [9.17, 15) is 9.13 Å². The molecule has 12 heteroatoms. The number of hydrogen-bond donors (Lipinski definition) is 6. The summed E-state index contributed by atoms with van der Waals surface area (Å²) in [5, 5.41) is 22.6. The minimum absolute atomic E-state index is 0.136. The fourth-order valence-electron chi connectivity index (χ4n) is 3.55. The van der Waals surface area contributed by atoms with E-state index in [1.54, 1.807) is 0 Å². The average molecular weight is 501 g/mol. The third-order valence-corrected chi connectivity index (χ3v) is 7.43. The van der Waals surface area contributed by atoms with Crippen LogP contribution in [-0.2, 0) is 9.13 Å². The highest BCUT2D eigenvalue weighted by molar-refractivity contribution is 7.70. The lowest BCUT2D eigenvalue weighted by Crippen LogP contribution is -1.99. The van der Waals surface area contributed by atoms with Gasteiger partial charge in [-0.25, -0.2) is 0 Å². The molecule has 190 valence electrons. The fraction of sp³-hybridized carbons (Fsp3) is 0.900. The Hall–Kier alpha value is -0.760. The van der Waals surface area contributed by atoms with Crippen LogP contribution in [0, 0.1) is 0 Å². The highest BCUT2D eigenvalue weighted by Gasteiger charge is 2.23. The summed E-state index contributed by atoms with van der Waals surface area (Å²) in [5.41, 5.74) is -0.857. The molecule has 10 nitrogen and oxygen atoms in total. The van der Waals surface area contributed by atoms with Crippen LogP contribution in [-0.4, -0.2) is 40.9 Å². The van der Waals surface area contributed by atoms with Crippen LogP contribution < -0.4 is 0 Å². The normalized spacial score (nSPS) is 13.6. The summed E-state index contributed by atoms with van der Waals surface area (Å²) in [6.07, 6.45) is 17.2. The molecule has 0 rings (SSSR count).